The molecule has 3 saturated carbocycles. The zero-order valence-corrected chi connectivity index (χ0v) is 24.8. The molecule has 3 atom stereocenters. The molecule has 1 spiro atoms. The molecule has 3 aliphatic carbocycles. The second-order valence-electron chi connectivity index (χ2n) is 12.0. The van der Waals surface area contributed by atoms with Crippen molar-refractivity contribution in [2.24, 2.45) is 11.3 Å². The lowest BCUT2D eigenvalue weighted by molar-refractivity contribution is -0.117. The van der Waals surface area contributed by atoms with Crippen molar-refractivity contribution in [1.82, 2.24) is 15.6 Å². The van der Waals surface area contributed by atoms with E-state index in [1.165, 1.54) is 43.4 Å². The summed E-state index contributed by atoms with van der Waals surface area (Å²) in [5.41, 5.74) is 0.256. The molecule has 3 aliphatic rings. The van der Waals surface area contributed by atoms with Crippen LogP contribution in [0.1, 0.15) is 40.0 Å². The molecule has 3 fully saturated rings. The number of anilines is 1. The summed E-state index contributed by atoms with van der Waals surface area (Å²) >= 11 is 0. The van der Waals surface area contributed by atoms with Crippen LogP contribution in [0.4, 0.5) is 23.4 Å². The maximum Gasteiger partial charge on any atom is 0.407 e. The number of hydrogen-bond donors (Lipinski definition) is 2. The van der Waals surface area contributed by atoms with E-state index < -0.39 is 40.3 Å². The standard InChI is InChI=1S/C31H26F4N4O5S/c1-36-27(41)23-22-11-21(17-4-3-5-18(10-17)26(40)38-30-13-19-12-29(19,30)14-30)25(39(45(2,42)43)15-31(33,34)35)37-28(22)44-24(23)16-6-8-20(32)9-7-16/h3-11,19H,12-15H2,1-2H3,(H,36,41)(H,38,40). The minimum atomic E-state index is -4.95. The van der Waals surface area contributed by atoms with E-state index in [2.05, 4.69) is 15.6 Å². The van der Waals surface area contributed by atoms with Crippen LogP contribution in [0, 0.1) is 17.2 Å². The number of aromatic nitrogens is 1. The van der Waals surface area contributed by atoms with Gasteiger partial charge < -0.3 is 15.1 Å². The molecule has 0 aliphatic heterocycles. The van der Waals surface area contributed by atoms with Crippen LogP contribution in [-0.2, 0) is 10.0 Å². The monoisotopic (exact) mass is 642 g/mol. The van der Waals surface area contributed by atoms with Gasteiger partial charge in [0.2, 0.25) is 15.7 Å². The number of nitrogens with zero attached hydrogens (tertiary/aromatic N) is 2. The molecule has 2 N–H and O–H groups in total. The Morgan fingerprint density at radius 3 is 2.38 bits per heavy atom. The molecule has 7 rings (SSSR count). The quantitative estimate of drug-likeness (QED) is 0.253. The number of alkyl halides is 3. The van der Waals surface area contributed by atoms with Crippen molar-refractivity contribution < 1.29 is 40.0 Å². The van der Waals surface area contributed by atoms with Crippen LogP contribution in [0.3, 0.4) is 0 Å². The minimum absolute atomic E-state index is 0.0443. The third kappa shape index (κ3) is 4.73. The average molecular weight is 643 g/mol. The number of furan rings is 1. The van der Waals surface area contributed by atoms with Crippen LogP contribution in [0.2, 0.25) is 0 Å². The number of benzene rings is 2. The average Bonchev–Trinajstić information content (AvgIpc) is 3.65. The minimum Gasteiger partial charge on any atom is -0.437 e. The highest BCUT2D eigenvalue weighted by Gasteiger charge is 2.89. The van der Waals surface area contributed by atoms with Gasteiger partial charge >= 0.3 is 6.18 Å². The third-order valence-corrected chi connectivity index (χ3v) is 10.3. The SMILES string of the molecule is CNC(=O)c1c(-c2ccc(F)cc2)oc2nc(N(CC(F)(F)F)S(C)(=O)=O)c(-c3cccc(C(=O)NC45CC6CC64C5)c3)cc12. The largest absolute Gasteiger partial charge is 0.437 e. The van der Waals surface area contributed by atoms with Gasteiger partial charge in [-0.25, -0.2) is 17.1 Å². The Morgan fingerprint density at radius 2 is 1.80 bits per heavy atom. The molecule has 234 valence electrons. The maximum absolute atomic E-state index is 13.8. The molecular weight excluding hydrogens is 616 g/mol. The number of amides is 2. The number of rotatable bonds is 8. The number of nitrogens with one attached hydrogen (secondary N) is 2. The van der Waals surface area contributed by atoms with Crippen molar-refractivity contribution in [3.63, 3.8) is 0 Å². The van der Waals surface area contributed by atoms with Gasteiger partial charge in [0.05, 0.1) is 17.2 Å². The Morgan fingerprint density at radius 1 is 1.07 bits per heavy atom. The molecule has 3 unspecified atom stereocenters. The lowest BCUT2D eigenvalue weighted by Gasteiger charge is -2.26. The van der Waals surface area contributed by atoms with Crippen molar-refractivity contribution in [2.45, 2.75) is 31.0 Å². The van der Waals surface area contributed by atoms with Gasteiger partial charge in [0, 0.05) is 29.3 Å². The lowest BCUT2D eigenvalue weighted by Crippen LogP contribution is -2.43. The van der Waals surface area contributed by atoms with Crippen molar-refractivity contribution >= 4 is 38.8 Å². The fourth-order valence-corrected chi connectivity index (χ4v) is 7.77. The van der Waals surface area contributed by atoms with Gasteiger partial charge in [0.15, 0.2) is 5.82 Å². The van der Waals surface area contributed by atoms with E-state index in [1.807, 2.05) is 0 Å². The van der Waals surface area contributed by atoms with E-state index in [1.54, 1.807) is 6.07 Å². The van der Waals surface area contributed by atoms with Crippen LogP contribution < -0.4 is 14.9 Å². The topological polar surface area (TPSA) is 122 Å². The summed E-state index contributed by atoms with van der Waals surface area (Å²) in [5.74, 6) is -1.53. The molecule has 0 bridgehead atoms. The molecule has 0 saturated heterocycles. The summed E-state index contributed by atoms with van der Waals surface area (Å²) in [5, 5.41) is 5.68. The first kappa shape index (κ1) is 29.3. The normalized spacial score (nSPS) is 23.0. The Kier molecular flexibility index (Phi) is 6.19. The number of carbonyl (C=O) groups is 2. The van der Waals surface area contributed by atoms with E-state index in [9.17, 15) is 35.6 Å². The molecule has 4 aromatic rings. The number of fused-ring (bicyclic) bond motifs is 1. The smallest absolute Gasteiger partial charge is 0.407 e. The summed E-state index contributed by atoms with van der Waals surface area (Å²) < 4.78 is 86.5. The highest BCUT2D eigenvalue weighted by Crippen LogP contribution is 2.89. The second-order valence-corrected chi connectivity index (χ2v) is 14.0. The molecule has 2 heterocycles. The summed E-state index contributed by atoms with van der Waals surface area (Å²) in [6, 6.07) is 12.4. The molecule has 2 amide bonds. The number of halogens is 4. The van der Waals surface area contributed by atoms with Crippen LogP contribution in [0.5, 0.6) is 0 Å². The van der Waals surface area contributed by atoms with Crippen LogP contribution in [-0.4, -0.2) is 56.8 Å². The molecule has 14 heteroatoms. The lowest BCUT2D eigenvalue weighted by atomic mass is 9.92. The summed E-state index contributed by atoms with van der Waals surface area (Å²) in [6.07, 6.45) is -1.38. The predicted octanol–water partition coefficient (Wildman–Crippen LogP) is 5.27. The Labute approximate surface area is 254 Å². The van der Waals surface area contributed by atoms with E-state index in [4.69, 9.17) is 4.42 Å². The first-order valence-corrected chi connectivity index (χ1v) is 15.9. The molecule has 2 aromatic heterocycles. The number of sulfonamides is 1. The Bertz CT molecular complexity index is 2020. The number of hydrogen-bond acceptors (Lipinski definition) is 6. The van der Waals surface area contributed by atoms with Gasteiger partial charge in [0.1, 0.15) is 18.1 Å². The highest BCUT2D eigenvalue weighted by molar-refractivity contribution is 7.92. The number of pyridine rings is 1. The van der Waals surface area contributed by atoms with Crippen molar-refractivity contribution in [2.75, 3.05) is 24.2 Å². The Balaban J connectivity index is 1.41. The van der Waals surface area contributed by atoms with Gasteiger partial charge in [-0.3, -0.25) is 9.59 Å². The van der Waals surface area contributed by atoms with Crippen LogP contribution >= 0.6 is 0 Å². The first-order valence-electron chi connectivity index (χ1n) is 14.1. The van der Waals surface area contributed by atoms with Crippen molar-refractivity contribution in [3.05, 3.63) is 71.5 Å². The zero-order valence-electron chi connectivity index (χ0n) is 24.0. The van der Waals surface area contributed by atoms with E-state index in [-0.39, 0.29) is 65.8 Å². The molecule has 45 heavy (non-hydrogen) atoms. The van der Waals surface area contributed by atoms with Gasteiger partial charge in [-0.2, -0.15) is 18.2 Å². The van der Waals surface area contributed by atoms with Gasteiger partial charge in [-0.1, -0.05) is 12.1 Å². The maximum atomic E-state index is 13.8. The number of carbonyl (C=O) groups excluding carboxylic acids is 2. The zero-order chi connectivity index (χ0) is 32.1. The molecular formula is C31H26F4N4O5S. The van der Waals surface area contributed by atoms with E-state index in [0.717, 1.165) is 31.4 Å². The predicted molar refractivity (Wildman–Crippen MR) is 156 cm³/mol. The summed E-state index contributed by atoms with van der Waals surface area (Å²) in [6.45, 7) is -1.89. The van der Waals surface area contributed by atoms with Gasteiger partial charge in [0.25, 0.3) is 11.8 Å². The fourth-order valence-electron chi connectivity index (χ4n) is 6.93. The van der Waals surface area contributed by atoms with Crippen LogP contribution in [0.15, 0.2) is 59.0 Å². The summed E-state index contributed by atoms with van der Waals surface area (Å²) in [4.78, 5) is 30.7. The van der Waals surface area contributed by atoms with Crippen molar-refractivity contribution in [3.8, 4) is 22.5 Å². The first-order chi connectivity index (χ1) is 21.1. The molecule has 0 radical (unpaired) electrons. The second kappa shape index (κ2) is 9.52. The van der Waals surface area contributed by atoms with Crippen LogP contribution in [0.25, 0.3) is 33.6 Å². The summed E-state index contributed by atoms with van der Waals surface area (Å²) in [7, 11) is -3.20. The van der Waals surface area contributed by atoms with Gasteiger partial charge in [-0.05, 0) is 78.6 Å². The van der Waals surface area contributed by atoms with E-state index >= 15 is 0 Å². The Hall–Kier alpha value is -4.46. The fraction of sp³-hybridized carbons (Fsp3) is 0.323. The van der Waals surface area contributed by atoms with Crippen molar-refractivity contribution in [1.29, 1.82) is 0 Å². The molecule has 9 nitrogen and oxygen atoms in total. The highest BCUT2D eigenvalue weighted by atomic mass is 32.2. The van der Waals surface area contributed by atoms with E-state index in [0.29, 0.717) is 12.2 Å². The van der Waals surface area contributed by atoms with Gasteiger partial charge in [-0.15, -0.1) is 0 Å². The molecule has 2 aromatic carbocycles. The third-order valence-electron chi connectivity index (χ3n) is 9.24.